The first-order valence-electron chi connectivity index (χ1n) is 7.57. The summed E-state index contributed by atoms with van der Waals surface area (Å²) in [4.78, 5) is 16.7. The topological polar surface area (TPSA) is 44.8 Å². The smallest absolute Gasteiger partial charge is 0.326 e. The third kappa shape index (κ3) is 2.57. The molecule has 2 aromatic carbocycles. The number of urea groups is 1. The molecule has 2 heterocycles. The number of halogens is 1. The van der Waals surface area contributed by atoms with E-state index >= 15 is 0 Å². The molecular formula is C17H16ClN3O2. The first-order valence-corrected chi connectivity index (χ1v) is 7.95. The summed E-state index contributed by atoms with van der Waals surface area (Å²) in [5.74, 6) is 0.845. The van der Waals surface area contributed by atoms with Crippen LogP contribution in [0.15, 0.2) is 42.5 Å². The molecule has 6 heteroatoms. The Morgan fingerprint density at radius 2 is 1.91 bits per heavy atom. The van der Waals surface area contributed by atoms with Crippen LogP contribution in [0.3, 0.4) is 0 Å². The van der Waals surface area contributed by atoms with Crippen molar-refractivity contribution < 1.29 is 9.53 Å². The van der Waals surface area contributed by atoms with Gasteiger partial charge in [0.05, 0.1) is 12.2 Å². The van der Waals surface area contributed by atoms with E-state index in [1.54, 1.807) is 29.2 Å². The predicted molar refractivity (Wildman–Crippen MR) is 92.0 cm³/mol. The Morgan fingerprint density at radius 1 is 1.09 bits per heavy atom. The van der Waals surface area contributed by atoms with Gasteiger partial charge < -0.3 is 15.0 Å². The van der Waals surface area contributed by atoms with E-state index in [1.807, 2.05) is 18.2 Å². The molecule has 0 spiro atoms. The Labute approximate surface area is 139 Å². The first-order chi connectivity index (χ1) is 11.2. The molecule has 2 aliphatic rings. The zero-order valence-corrected chi connectivity index (χ0v) is 13.2. The van der Waals surface area contributed by atoms with E-state index in [2.05, 4.69) is 10.2 Å². The molecule has 118 valence electrons. The normalized spacial score (nSPS) is 15.7. The quantitative estimate of drug-likeness (QED) is 0.869. The SMILES string of the molecule is O=C(Nc1ccc(Cl)cc1)N1CCN2CCOc3cccc1c32. The summed E-state index contributed by atoms with van der Waals surface area (Å²) in [7, 11) is 0. The van der Waals surface area contributed by atoms with Crippen molar-refractivity contribution in [3.63, 3.8) is 0 Å². The Morgan fingerprint density at radius 3 is 2.74 bits per heavy atom. The van der Waals surface area contributed by atoms with E-state index in [1.165, 1.54) is 0 Å². The van der Waals surface area contributed by atoms with Gasteiger partial charge in [-0.3, -0.25) is 4.90 Å². The van der Waals surface area contributed by atoms with Gasteiger partial charge in [-0.15, -0.1) is 0 Å². The molecule has 0 unspecified atom stereocenters. The third-order valence-electron chi connectivity index (χ3n) is 4.14. The number of anilines is 3. The molecule has 23 heavy (non-hydrogen) atoms. The Kier molecular flexibility index (Phi) is 3.50. The van der Waals surface area contributed by atoms with E-state index in [4.69, 9.17) is 16.3 Å². The van der Waals surface area contributed by atoms with Crippen molar-refractivity contribution in [1.82, 2.24) is 0 Å². The largest absolute Gasteiger partial charge is 0.489 e. The summed E-state index contributed by atoms with van der Waals surface area (Å²) < 4.78 is 5.72. The van der Waals surface area contributed by atoms with Gasteiger partial charge in [0, 0.05) is 23.8 Å². The summed E-state index contributed by atoms with van der Waals surface area (Å²) in [5, 5.41) is 3.56. The summed E-state index contributed by atoms with van der Waals surface area (Å²) >= 11 is 5.88. The molecule has 0 radical (unpaired) electrons. The lowest BCUT2D eigenvalue weighted by Gasteiger charge is -2.40. The van der Waals surface area contributed by atoms with Crippen LogP contribution in [0.1, 0.15) is 0 Å². The van der Waals surface area contributed by atoms with Crippen LogP contribution in [0, 0.1) is 0 Å². The molecule has 4 rings (SSSR count). The molecule has 0 saturated heterocycles. The van der Waals surface area contributed by atoms with Gasteiger partial charge in [-0.2, -0.15) is 0 Å². The Balaban J connectivity index is 1.62. The van der Waals surface area contributed by atoms with Crippen LogP contribution in [0.2, 0.25) is 5.02 Å². The number of hydrogen-bond acceptors (Lipinski definition) is 3. The minimum Gasteiger partial charge on any atom is -0.489 e. The average molecular weight is 330 g/mol. The molecule has 5 nitrogen and oxygen atoms in total. The monoisotopic (exact) mass is 329 g/mol. The standard InChI is InChI=1S/C17H16ClN3O2/c18-12-4-6-13(7-5-12)19-17(22)21-9-8-20-10-11-23-15-3-1-2-14(21)16(15)20/h1-7H,8-11H2,(H,19,22). The molecule has 0 fully saturated rings. The number of hydrogen-bond donors (Lipinski definition) is 1. The Hall–Kier alpha value is -2.40. The number of ether oxygens (including phenoxy) is 1. The first kappa shape index (κ1) is 14.2. The number of rotatable bonds is 1. The number of carbonyl (C=O) groups is 1. The highest BCUT2D eigenvalue weighted by Gasteiger charge is 2.31. The second kappa shape index (κ2) is 5.66. The molecule has 0 aliphatic carbocycles. The van der Waals surface area contributed by atoms with Crippen LogP contribution in [0.4, 0.5) is 21.9 Å². The number of benzene rings is 2. The fraction of sp³-hybridized carbons (Fsp3) is 0.235. The molecular weight excluding hydrogens is 314 g/mol. The van der Waals surface area contributed by atoms with Gasteiger partial charge in [0.25, 0.3) is 0 Å². The molecule has 0 aromatic heterocycles. The highest BCUT2D eigenvalue weighted by molar-refractivity contribution is 6.30. The Bertz CT molecular complexity index is 748. The summed E-state index contributed by atoms with van der Waals surface area (Å²) in [6.07, 6.45) is 0. The van der Waals surface area contributed by atoms with Crippen LogP contribution in [0.5, 0.6) is 5.75 Å². The lowest BCUT2D eigenvalue weighted by atomic mass is 10.1. The fourth-order valence-electron chi connectivity index (χ4n) is 3.04. The number of para-hydroxylation sites is 1. The van der Waals surface area contributed by atoms with E-state index in [-0.39, 0.29) is 6.03 Å². The lowest BCUT2D eigenvalue weighted by molar-refractivity contribution is 0.256. The van der Waals surface area contributed by atoms with Crippen molar-refractivity contribution in [2.75, 3.05) is 41.4 Å². The molecule has 1 N–H and O–H groups in total. The van der Waals surface area contributed by atoms with Crippen molar-refractivity contribution in [1.29, 1.82) is 0 Å². The molecule has 0 saturated carbocycles. The van der Waals surface area contributed by atoms with Gasteiger partial charge in [-0.05, 0) is 36.4 Å². The highest BCUT2D eigenvalue weighted by atomic mass is 35.5. The van der Waals surface area contributed by atoms with Crippen LogP contribution >= 0.6 is 11.6 Å². The molecule has 2 amide bonds. The summed E-state index contributed by atoms with van der Waals surface area (Å²) in [6, 6.07) is 12.8. The molecule has 0 bridgehead atoms. The fourth-order valence-corrected chi connectivity index (χ4v) is 3.17. The predicted octanol–water partition coefficient (Wildman–Crippen LogP) is 3.59. The number of carbonyl (C=O) groups excluding carboxylic acids is 1. The van der Waals surface area contributed by atoms with Gasteiger partial charge in [0.1, 0.15) is 18.0 Å². The van der Waals surface area contributed by atoms with Gasteiger partial charge in [-0.1, -0.05) is 17.7 Å². The molecule has 0 atom stereocenters. The lowest BCUT2D eigenvalue weighted by Crippen LogP contribution is -2.48. The maximum atomic E-state index is 12.7. The highest BCUT2D eigenvalue weighted by Crippen LogP contribution is 2.42. The molecule has 2 aliphatic heterocycles. The van der Waals surface area contributed by atoms with Gasteiger partial charge in [-0.25, -0.2) is 4.79 Å². The van der Waals surface area contributed by atoms with Crippen LogP contribution in [-0.2, 0) is 0 Å². The van der Waals surface area contributed by atoms with Gasteiger partial charge in [0.2, 0.25) is 0 Å². The zero-order valence-electron chi connectivity index (χ0n) is 12.5. The van der Waals surface area contributed by atoms with E-state index < -0.39 is 0 Å². The van der Waals surface area contributed by atoms with E-state index in [0.29, 0.717) is 18.2 Å². The van der Waals surface area contributed by atoms with Gasteiger partial charge in [0.15, 0.2) is 0 Å². The van der Waals surface area contributed by atoms with Crippen molar-refractivity contribution >= 4 is 34.7 Å². The number of nitrogens with zero attached hydrogens (tertiary/aromatic N) is 2. The number of amides is 2. The van der Waals surface area contributed by atoms with E-state index in [9.17, 15) is 4.79 Å². The summed E-state index contributed by atoms with van der Waals surface area (Å²) in [5.41, 5.74) is 2.62. The number of nitrogens with one attached hydrogen (secondary N) is 1. The van der Waals surface area contributed by atoms with Crippen molar-refractivity contribution in [3.05, 3.63) is 47.5 Å². The van der Waals surface area contributed by atoms with Crippen LogP contribution < -0.4 is 19.9 Å². The van der Waals surface area contributed by atoms with Gasteiger partial charge >= 0.3 is 6.03 Å². The summed E-state index contributed by atoms with van der Waals surface area (Å²) in [6.45, 7) is 3.00. The van der Waals surface area contributed by atoms with Crippen LogP contribution in [0.25, 0.3) is 0 Å². The van der Waals surface area contributed by atoms with Crippen LogP contribution in [-0.4, -0.2) is 32.3 Å². The third-order valence-corrected chi connectivity index (χ3v) is 4.39. The minimum atomic E-state index is -0.147. The average Bonchev–Trinajstić information content (AvgIpc) is 2.58. The maximum Gasteiger partial charge on any atom is 0.326 e. The maximum absolute atomic E-state index is 12.7. The van der Waals surface area contributed by atoms with E-state index in [0.717, 1.165) is 35.9 Å². The second-order valence-corrected chi connectivity index (χ2v) is 5.98. The second-order valence-electron chi connectivity index (χ2n) is 5.55. The zero-order chi connectivity index (χ0) is 15.8. The molecule has 2 aromatic rings. The van der Waals surface area contributed by atoms with Crippen molar-refractivity contribution in [2.45, 2.75) is 0 Å². The van der Waals surface area contributed by atoms with Crippen molar-refractivity contribution in [2.24, 2.45) is 0 Å². The van der Waals surface area contributed by atoms with Crippen molar-refractivity contribution in [3.8, 4) is 5.75 Å². The minimum absolute atomic E-state index is 0.147.